The second-order valence-corrected chi connectivity index (χ2v) is 5.86. The van der Waals surface area contributed by atoms with Gasteiger partial charge in [0.1, 0.15) is 23.5 Å². The van der Waals surface area contributed by atoms with E-state index in [1.807, 2.05) is 18.2 Å². The molecule has 130 valence electrons. The van der Waals surface area contributed by atoms with Gasteiger partial charge in [0.25, 0.3) is 5.56 Å². The zero-order valence-corrected chi connectivity index (χ0v) is 13.6. The van der Waals surface area contributed by atoms with Crippen LogP contribution in [-0.4, -0.2) is 15.5 Å². The van der Waals surface area contributed by atoms with Crippen LogP contribution in [0.5, 0.6) is 0 Å². The van der Waals surface area contributed by atoms with Crippen LogP contribution in [0.25, 0.3) is 22.1 Å². The number of hydrogen-bond donors (Lipinski definition) is 1. The lowest BCUT2D eigenvalue weighted by molar-refractivity contribution is -0.121. The summed E-state index contributed by atoms with van der Waals surface area (Å²) in [4.78, 5) is 28.9. The molecule has 0 saturated carbocycles. The second kappa shape index (κ2) is 6.44. The van der Waals surface area contributed by atoms with E-state index in [0.29, 0.717) is 16.7 Å². The molecule has 0 spiro atoms. The summed E-state index contributed by atoms with van der Waals surface area (Å²) in [5.41, 5.74) is 1.37. The van der Waals surface area contributed by atoms with E-state index in [2.05, 4.69) is 10.3 Å². The Hall–Kier alpha value is -3.48. The molecule has 0 aliphatic rings. The number of amides is 1. The van der Waals surface area contributed by atoms with Crippen molar-refractivity contribution >= 4 is 28.0 Å². The maximum Gasteiger partial charge on any atom is 0.297 e. The highest BCUT2D eigenvalue weighted by Crippen LogP contribution is 2.23. The number of fused-ring (bicyclic) bond motifs is 3. The van der Waals surface area contributed by atoms with Gasteiger partial charge in [-0.25, -0.2) is 9.37 Å². The summed E-state index contributed by atoms with van der Waals surface area (Å²) < 4.78 is 19.9. The first-order valence-corrected chi connectivity index (χ1v) is 7.99. The summed E-state index contributed by atoms with van der Waals surface area (Å²) in [6, 6.07) is 13.2. The third-order valence-corrected chi connectivity index (χ3v) is 4.04. The monoisotopic (exact) mass is 351 g/mol. The van der Waals surface area contributed by atoms with Gasteiger partial charge in [0, 0.05) is 11.9 Å². The zero-order valence-electron chi connectivity index (χ0n) is 13.6. The van der Waals surface area contributed by atoms with Crippen LogP contribution < -0.4 is 10.9 Å². The molecule has 4 aromatic rings. The summed E-state index contributed by atoms with van der Waals surface area (Å²) in [7, 11) is 0. The van der Waals surface area contributed by atoms with Crippen molar-refractivity contribution in [3.8, 4) is 0 Å². The standard InChI is InChI=1S/C19H14FN3O3/c20-13-5-3-4-12(8-13)9-21-16(24)10-23-11-22-17-14-6-1-2-7-15(14)26-18(17)19(23)25/h1-8,11H,9-10H2,(H,21,24). The second-order valence-electron chi connectivity index (χ2n) is 5.86. The van der Waals surface area contributed by atoms with E-state index in [1.165, 1.54) is 23.0 Å². The number of hydrogen-bond acceptors (Lipinski definition) is 4. The SMILES string of the molecule is O=C(Cn1cnc2c(oc3ccccc32)c1=O)NCc1cccc(F)c1. The number of halogens is 1. The number of carbonyl (C=O) groups is 1. The van der Waals surface area contributed by atoms with Crippen molar-refractivity contribution in [2.24, 2.45) is 0 Å². The van der Waals surface area contributed by atoms with Crippen molar-refractivity contribution in [2.75, 3.05) is 0 Å². The number of rotatable bonds is 4. The predicted octanol–water partition coefficient (Wildman–Crippen LogP) is 2.60. The lowest BCUT2D eigenvalue weighted by Crippen LogP contribution is -2.32. The van der Waals surface area contributed by atoms with Crippen LogP contribution in [-0.2, 0) is 17.9 Å². The van der Waals surface area contributed by atoms with Crippen LogP contribution in [0, 0.1) is 5.82 Å². The van der Waals surface area contributed by atoms with E-state index in [9.17, 15) is 14.0 Å². The molecule has 0 fully saturated rings. The average Bonchev–Trinajstić information content (AvgIpc) is 3.02. The summed E-state index contributed by atoms with van der Waals surface area (Å²) in [6.45, 7) is -0.0280. The van der Waals surface area contributed by atoms with Gasteiger partial charge >= 0.3 is 0 Å². The van der Waals surface area contributed by atoms with Crippen molar-refractivity contribution in [3.05, 3.63) is 76.6 Å². The van der Waals surface area contributed by atoms with E-state index in [-0.39, 0.29) is 30.4 Å². The fraction of sp³-hybridized carbons (Fsp3) is 0.105. The molecule has 6 nitrogen and oxygen atoms in total. The lowest BCUT2D eigenvalue weighted by Gasteiger charge is -2.07. The first-order chi connectivity index (χ1) is 12.6. The highest BCUT2D eigenvalue weighted by molar-refractivity contribution is 6.01. The van der Waals surface area contributed by atoms with Gasteiger partial charge in [0.05, 0.1) is 6.33 Å². The van der Waals surface area contributed by atoms with Crippen LogP contribution in [0.2, 0.25) is 0 Å². The molecule has 0 aliphatic carbocycles. The molecular weight excluding hydrogens is 337 g/mol. The van der Waals surface area contributed by atoms with E-state index in [1.54, 1.807) is 18.2 Å². The molecule has 0 radical (unpaired) electrons. The molecule has 2 heterocycles. The summed E-state index contributed by atoms with van der Waals surface area (Å²) in [5.74, 6) is -0.749. The number of furan rings is 1. The van der Waals surface area contributed by atoms with Gasteiger partial charge in [-0.1, -0.05) is 24.3 Å². The molecule has 0 saturated heterocycles. The minimum Gasteiger partial charge on any atom is -0.448 e. The van der Waals surface area contributed by atoms with Crippen LogP contribution in [0.4, 0.5) is 4.39 Å². The Morgan fingerprint density at radius 3 is 2.88 bits per heavy atom. The van der Waals surface area contributed by atoms with Gasteiger partial charge in [-0.2, -0.15) is 0 Å². The van der Waals surface area contributed by atoms with Crippen LogP contribution >= 0.6 is 0 Å². The van der Waals surface area contributed by atoms with Crippen molar-refractivity contribution in [1.29, 1.82) is 0 Å². The van der Waals surface area contributed by atoms with Crippen molar-refractivity contribution in [3.63, 3.8) is 0 Å². The molecule has 2 aromatic heterocycles. The third kappa shape index (κ3) is 2.95. The summed E-state index contributed by atoms with van der Waals surface area (Å²) in [6.07, 6.45) is 1.33. The molecule has 0 atom stereocenters. The van der Waals surface area contributed by atoms with Crippen molar-refractivity contribution in [2.45, 2.75) is 13.1 Å². The van der Waals surface area contributed by atoms with E-state index in [4.69, 9.17) is 4.42 Å². The summed E-state index contributed by atoms with van der Waals surface area (Å²) in [5, 5.41) is 3.40. The molecule has 4 rings (SSSR count). The fourth-order valence-corrected chi connectivity index (χ4v) is 2.79. The Balaban J connectivity index is 1.55. The first-order valence-electron chi connectivity index (χ1n) is 7.99. The number of nitrogens with one attached hydrogen (secondary N) is 1. The number of benzene rings is 2. The van der Waals surface area contributed by atoms with Crippen LogP contribution in [0.3, 0.4) is 0 Å². The van der Waals surface area contributed by atoms with Gasteiger partial charge < -0.3 is 9.73 Å². The third-order valence-electron chi connectivity index (χ3n) is 4.04. The van der Waals surface area contributed by atoms with E-state index in [0.717, 1.165) is 5.39 Å². The molecule has 2 aromatic carbocycles. The Morgan fingerprint density at radius 1 is 1.19 bits per heavy atom. The molecule has 1 N–H and O–H groups in total. The minimum atomic E-state index is -0.424. The molecule has 26 heavy (non-hydrogen) atoms. The average molecular weight is 351 g/mol. The fourth-order valence-electron chi connectivity index (χ4n) is 2.79. The Labute approximate surface area is 146 Å². The molecular formula is C19H14FN3O3. The molecule has 0 unspecified atom stereocenters. The van der Waals surface area contributed by atoms with Crippen molar-refractivity contribution in [1.82, 2.24) is 14.9 Å². The topological polar surface area (TPSA) is 77.1 Å². The van der Waals surface area contributed by atoms with E-state index >= 15 is 0 Å². The minimum absolute atomic E-state index is 0.117. The molecule has 7 heteroatoms. The Kier molecular flexibility index (Phi) is 3.96. The summed E-state index contributed by atoms with van der Waals surface area (Å²) >= 11 is 0. The zero-order chi connectivity index (χ0) is 18.1. The van der Waals surface area contributed by atoms with E-state index < -0.39 is 5.56 Å². The quantitative estimate of drug-likeness (QED) is 0.613. The highest BCUT2D eigenvalue weighted by atomic mass is 19.1. The Morgan fingerprint density at radius 2 is 2.04 bits per heavy atom. The molecule has 0 aliphatic heterocycles. The van der Waals surface area contributed by atoms with Gasteiger partial charge in [-0.3, -0.25) is 14.2 Å². The first kappa shape index (κ1) is 16.0. The molecule has 0 bridgehead atoms. The maximum atomic E-state index is 13.2. The largest absolute Gasteiger partial charge is 0.448 e. The maximum absolute atomic E-state index is 13.2. The molecule has 1 amide bonds. The Bertz CT molecular complexity index is 1180. The van der Waals surface area contributed by atoms with Crippen LogP contribution in [0.1, 0.15) is 5.56 Å². The van der Waals surface area contributed by atoms with Gasteiger partial charge in [-0.15, -0.1) is 0 Å². The highest BCUT2D eigenvalue weighted by Gasteiger charge is 2.14. The smallest absolute Gasteiger partial charge is 0.297 e. The number of nitrogens with zero attached hydrogens (tertiary/aromatic N) is 2. The van der Waals surface area contributed by atoms with Gasteiger partial charge in [0.15, 0.2) is 0 Å². The van der Waals surface area contributed by atoms with Crippen molar-refractivity contribution < 1.29 is 13.6 Å². The normalized spacial score (nSPS) is 11.1. The van der Waals surface area contributed by atoms with Crippen LogP contribution in [0.15, 0.2) is 64.1 Å². The van der Waals surface area contributed by atoms with Gasteiger partial charge in [-0.05, 0) is 29.8 Å². The predicted molar refractivity (Wildman–Crippen MR) is 94.0 cm³/mol. The lowest BCUT2D eigenvalue weighted by atomic mass is 10.2. The number of para-hydroxylation sites is 1. The number of aromatic nitrogens is 2. The number of carbonyl (C=O) groups excluding carboxylic acids is 1. The van der Waals surface area contributed by atoms with Gasteiger partial charge in [0.2, 0.25) is 11.5 Å².